The molecule has 1 heterocycles. The number of hydrogen-bond acceptors (Lipinski definition) is 5. The largest absolute Gasteiger partial charge is 0.433 e. The third-order valence-electron chi connectivity index (χ3n) is 2.80. The number of carbonyl (C=O) groups is 1. The minimum atomic E-state index is -0.588. The van der Waals surface area contributed by atoms with Crippen LogP contribution in [0, 0.1) is 10.1 Å². The van der Waals surface area contributed by atoms with E-state index in [9.17, 15) is 14.9 Å². The first kappa shape index (κ1) is 15.8. The van der Waals surface area contributed by atoms with Gasteiger partial charge in [0, 0.05) is 17.9 Å². The smallest absolute Gasteiger partial charge is 0.401 e. The summed E-state index contributed by atoms with van der Waals surface area (Å²) in [5.74, 6) is 0.534. The van der Waals surface area contributed by atoms with E-state index in [0.29, 0.717) is 23.6 Å². The second-order valence-electron chi connectivity index (χ2n) is 4.37. The van der Waals surface area contributed by atoms with E-state index in [2.05, 4.69) is 17.9 Å². The van der Waals surface area contributed by atoms with Gasteiger partial charge in [-0.05, 0) is 29.8 Å². The van der Waals surface area contributed by atoms with Crippen molar-refractivity contribution < 1.29 is 14.1 Å². The van der Waals surface area contributed by atoms with Gasteiger partial charge in [-0.3, -0.25) is 14.9 Å². The fourth-order valence-corrected chi connectivity index (χ4v) is 1.84. The molecule has 0 aliphatic heterocycles. The SMILES string of the molecule is O=C(NCCS)c1ccc(C=Cc2ccc([N+](=O)[O-])o2)cc1. The van der Waals surface area contributed by atoms with Gasteiger partial charge in [-0.1, -0.05) is 18.2 Å². The number of amides is 1. The van der Waals surface area contributed by atoms with Crippen LogP contribution < -0.4 is 5.32 Å². The lowest BCUT2D eigenvalue weighted by Gasteiger charge is -2.03. The van der Waals surface area contributed by atoms with E-state index in [-0.39, 0.29) is 11.8 Å². The maximum atomic E-state index is 11.7. The maximum Gasteiger partial charge on any atom is 0.433 e. The molecule has 6 nitrogen and oxygen atoms in total. The number of thiol groups is 1. The number of rotatable bonds is 6. The monoisotopic (exact) mass is 318 g/mol. The molecule has 0 aliphatic rings. The summed E-state index contributed by atoms with van der Waals surface area (Å²) >= 11 is 4.03. The number of nitrogens with one attached hydrogen (secondary N) is 1. The lowest BCUT2D eigenvalue weighted by Crippen LogP contribution is -2.25. The van der Waals surface area contributed by atoms with Gasteiger partial charge in [0.15, 0.2) is 0 Å². The van der Waals surface area contributed by atoms with Crippen LogP contribution in [0.25, 0.3) is 12.2 Å². The number of furan rings is 1. The number of hydrogen-bond donors (Lipinski definition) is 2. The fourth-order valence-electron chi connectivity index (χ4n) is 1.73. The van der Waals surface area contributed by atoms with Gasteiger partial charge in [0.05, 0.1) is 6.07 Å². The molecule has 0 spiro atoms. The van der Waals surface area contributed by atoms with Crippen LogP contribution in [-0.2, 0) is 0 Å². The Hall–Kier alpha value is -2.54. The van der Waals surface area contributed by atoms with Crippen molar-refractivity contribution in [2.24, 2.45) is 0 Å². The number of nitrogens with zero attached hydrogens (tertiary/aromatic N) is 1. The molecule has 114 valence electrons. The first-order chi connectivity index (χ1) is 10.6. The Balaban J connectivity index is 2.02. The Labute approximate surface area is 132 Å². The third kappa shape index (κ3) is 4.23. The van der Waals surface area contributed by atoms with Crippen LogP contribution in [0.1, 0.15) is 21.7 Å². The van der Waals surface area contributed by atoms with Crippen molar-refractivity contribution in [3.63, 3.8) is 0 Å². The first-order valence-electron chi connectivity index (χ1n) is 6.51. The highest BCUT2D eigenvalue weighted by atomic mass is 32.1. The molecule has 0 radical (unpaired) electrons. The molecule has 0 saturated heterocycles. The van der Waals surface area contributed by atoms with E-state index in [1.165, 1.54) is 12.1 Å². The van der Waals surface area contributed by atoms with E-state index < -0.39 is 4.92 Å². The molecule has 1 aromatic heterocycles. The standard InChI is InChI=1S/C15H14N2O4S/c18-15(16-9-10-22)12-4-1-11(2-5-12)3-6-13-7-8-14(21-13)17(19)20/h1-8,22H,9-10H2,(H,16,18). The Bertz CT molecular complexity index is 692. The van der Waals surface area contributed by atoms with Gasteiger partial charge in [-0.25, -0.2) is 0 Å². The van der Waals surface area contributed by atoms with Crippen LogP contribution in [0.15, 0.2) is 40.8 Å². The normalized spacial score (nSPS) is 10.8. The first-order valence-corrected chi connectivity index (χ1v) is 7.15. The summed E-state index contributed by atoms with van der Waals surface area (Å²) in [4.78, 5) is 21.6. The van der Waals surface area contributed by atoms with Gasteiger partial charge in [0.1, 0.15) is 10.7 Å². The molecule has 2 aromatic rings. The summed E-state index contributed by atoms with van der Waals surface area (Å²) in [5.41, 5.74) is 1.41. The predicted octanol–water partition coefficient (Wildman–Crippen LogP) is 3.02. The van der Waals surface area contributed by atoms with Crippen molar-refractivity contribution in [1.29, 1.82) is 0 Å². The van der Waals surface area contributed by atoms with Crippen molar-refractivity contribution in [2.45, 2.75) is 0 Å². The molecule has 0 unspecified atom stereocenters. The maximum absolute atomic E-state index is 11.7. The van der Waals surface area contributed by atoms with E-state index in [4.69, 9.17) is 4.42 Å². The number of carbonyl (C=O) groups excluding carboxylic acids is 1. The molecule has 22 heavy (non-hydrogen) atoms. The molecule has 0 atom stereocenters. The summed E-state index contributed by atoms with van der Waals surface area (Å²) in [6, 6.07) is 9.80. The molecule has 7 heteroatoms. The van der Waals surface area contributed by atoms with Crippen LogP contribution in [0.3, 0.4) is 0 Å². The van der Waals surface area contributed by atoms with E-state index >= 15 is 0 Å². The summed E-state index contributed by atoms with van der Waals surface area (Å²) in [5, 5.41) is 13.2. The number of nitro groups is 1. The highest BCUT2D eigenvalue weighted by Crippen LogP contribution is 2.18. The molecule has 1 N–H and O–H groups in total. The van der Waals surface area contributed by atoms with Crippen LogP contribution >= 0.6 is 12.6 Å². The minimum Gasteiger partial charge on any atom is -0.401 e. The number of benzene rings is 1. The van der Waals surface area contributed by atoms with Crippen molar-refractivity contribution in [3.05, 3.63) is 63.4 Å². The summed E-state index contributed by atoms with van der Waals surface area (Å²) < 4.78 is 5.02. The van der Waals surface area contributed by atoms with Gasteiger partial charge in [0.25, 0.3) is 5.91 Å². The molecule has 2 rings (SSSR count). The van der Waals surface area contributed by atoms with Crippen molar-refractivity contribution in [3.8, 4) is 0 Å². The Kier molecular flexibility index (Phi) is 5.37. The molecule has 0 aliphatic carbocycles. The highest BCUT2D eigenvalue weighted by molar-refractivity contribution is 7.80. The Morgan fingerprint density at radius 1 is 1.23 bits per heavy atom. The summed E-state index contributed by atoms with van der Waals surface area (Å²) in [6.07, 6.45) is 3.38. The lowest BCUT2D eigenvalue weighted by atomic mass is 10.1. The van der Waals surface area contributed by atoms with Gasteiger partial charge in [0.2, 0.25) is 0 Å². The molecular formula is C15H14N2O4S. The van der Waals surface area contributed by atoms with E-state index in [1.807, 2.05) is 0 Å². The van der Waals surface area contributed by atoms with Gasteiger partial charge in [-0.2, -0.15) is 12.6 Å². The summed E-state index contributed by atoms with van der Waals surface area (Å²) in [7, 11) is 0. The van der Waals surface area contributed by atoms with Crippen LogP contribution in [0.4, 0.5) is 5.88 Å². The van der Waals surface area contributed by atoms with Gasteiger partial charge < -0.3 is 9.73 Å². The molecular weight excluding hydrogens is 304 g/mol. The van der Waals surface area contributed by atoms with E-state index in [1.54, 1.807) is 36.4 Å². The zero-order chi connectivity index (χ0) is 15.9. The molecule has 0 saturated carbocycles. The second-order valence-corrected chi connectivity index (χ2v) is 4.82. The fraction of sp³-hybridized carbons (Fsp3) is 0.133. The zero-order valence-corrected chi connectivity index (χ0v) is 12.5. The van der Waals surface area contributed by atoms with Crippen molar-refractivity contribution >= 4 is 36.6 Å². The van der Waals surface area contributed by atoms with Crippen molar-refractivity contribution in [1.82, 2.24) is 5.32 Å². The third-order valence-corrected chi connectivity index (χ3v) is 3.03. The van der Waals surface area contributed by atoms with Crippen LogP contribution in [0.2, 0.25) is 0 Å². The van der Waals surface area contributed by atoms with Gasteiger partial charge >= 0.3 is 5.88 Å². The molecule has 0 fully saturated rings. The minimum absolute atomic E-state index is 0.147. The van der Waals surface area contributed by atoms with Gasteiger partial charge in [-0.15, -0.1) is 0 Å². The molecule has 1 aromatic carbocycles. The molecule has 1 amide bonds. The molecule has 0 bridgehead atoms. The highest BCUT2D eigenvalue weighted by Gasteiger charge is 2.09. The topological polar surface area (TPSA) is 85.4 Å². The average Bonchev–Trinajstić information content (AvgIpc) is 3.00. The van der Waals surface area contributed by atoms with Crippen molar-refractivity contribution in [2.75, 3.05) is 12.3 Å². The second kappa shape index (κ2) is 7.46. The van der Waals surface area contributed by atoms with Crippen LogP contribution in [0.5, 0.6) is 0 Å². The Morgan fingerprint density at radius 2 is 1.95 bits per heavy atom. The van der Waals surface area contributed by atoms with Crippen LogP contribution in [-0.4, -0.2) is 23.1 Å². The predicted molar refractivity (Wildman–Crippen MR) is 86.9 cm³/mol. The van der Waals surface area contributed by atoms with E-state index in [0.717, 1.165) is 5.56 Å². The quantitative estimate of drug-likeness (QED) is 0.487. The lowest BCUT2D eigenvalue weighted by molar-refractivity contribution is -0.402. The Morgan fingerprint density at radius 3 is 2.55 bits per heavy atom. The zero-order valence-electron chi connectivity index (χ0n) is 11.6. The average molecular weight is 318 g/mol. The summed E-state index contributed by atoms with van der Waals surface area (Å²) in [6.45, 7) is 0.515.